The van der Waals surface area contributed by atoms with Crippen LogP contribution >= 0.6 is 0 Å². The lowest BCUT2D eigenvalue weighted by Crippen LogP contribution is -2.50. The summed E-state index contributed by atoms with van der Waals surface area (Å²) in [5.41, 5.74) is 1.64. The van der Waals surface area contributed by atoms with E-state index in [0.29, 0.717) is 5.57 Å². The number of carbonyl (C=O) groups excluding carboxylic acids is 2. The molecule has 4 atom stereocenters. The molecular weight excluding hydrogens is 436 g/mol. The zero-order valence-electron chi connectivity index (χ0n) is 19.2. The molecule has 0 aromatic heterocycles. The average molecular weight is 468 g/mol. The van der Waals surface area contributed by atoms with Gasteiger partial charge in [0.15, 0.2) is 0 Å². The van der Waals surface area contributed by atoms with Gasteiger partial charge in [-0.25, -0.2) is 8.78 Å². The van der Waals surface area contributed by atoms with Crippen LogP contribution in [0.1, 0.15) is 37.3 Å². The van der Waals surface area contributed by atoms with Gasteiger partial charge >= 0.3 is 0 Å². The van der Waals surface area contributed by atoms with Crippen LogP contribution in [0.2, 0.25) is 0 Å². The third-order valence-corrected chi connectivity index (χ3v) is 7.33. The van der Waals surface area contributed by atoms with E-state index < -0.39 is 24.0 Å². The summed E-state index contributed by atoms with van der Waals surface area (Å²) < 4.78 is 28.6. The van der Waals surface area contributed by atoms with Crippen molar-refractivity contribution >= 4 is 11.8 Å². The summed E-state index contributed by atoms with van der Waals surface area (Å²) in [5, 5.41) is 3.25. The Balaban J connectivity index is 1.36. The van der Waals surface area contributed by atoms with Gasteiger partial charge in [0.2, 0.25) is 11.8 Å². The molecule has 0 spiro atoms. The zero-order valence-corrected chi connectivity index (χ0v) is 19.2. The highest BCUT2D eigenvalue weighted by molar-refractivity contribution is 5.85. The smallest absolute Gasteiger partial charge is 0.241 e. The first-order valence-electron chi connectivity index (χ1n) is 12.3. The van der Waals surface area contributed by atoms with Crippen molar-refractivity contribution in [2.24, 2.45) is 11.8 Å². The van der Waals surface area contributed by atoms with Crippen LogP contribution in [0.4, 0.5) is 8.78 Å². The molecule has 2 heterocycles. The van der Waals surface area contributed by atoms with Gasteiger partial charge in [0, 0.05) is 25.6 Å². The van der Waals surface area contributed by atoms with Gasteiger partial charge in [-0.2, -0.15) is 0 Å². The lowest BCUT2D eigenvalue weighted by atomic mass is 9.90. The molecule has 7 heteroatoms. The molecule has 1 aromatic rings. The van der Waals surface area contributed by atoms with E-state index in [1.165, 1.54) is 12.2 Å². The molecule has 2 aliphatic heterocycles. The standard InChI is InChI=1S/C27H31F2N3O2/c28-21-10-11-23(29)22(15-21)20-14-24(18-6-2-1-3-7-18)32(17-20)27(34)26(19-8-9-19)30-16-25(33)31-12-4-5-13-31/h1-3,6-7,10-11,14-15,19,22-24,26,30H,4-5,8-9,12-13,16-17H2/t22?,23?,24-,26-/m0/s1. The fourth-order valence-corrected chi connectivity index (χ4v) is 5.27. The van der Waals surface area contributed by atoms with E-state index in [1.807, 2.05) is 41.3 Å². The van der Waals surface area contributed by atoms with Crippen molar-refractivity contribution in [1.29, 1.82) is 0 Å². The highest BCUT2D eigenvalue weighted by Crippen LogP contribution is 2.40. The number of benzene rings is 1. The molecular formula is C27H31F2N3O2. The van der Waals surface area contributed by atoms with Crippen molar-refractivity contribution in [3.63, 3.8) is 0 Å². The Morgan fingerprint density at radius 3 is 2.53 bits per heavy atom. The van der Waals surface area contributed by atoms with Crippen molar-refractivity contribution in [2.75, 3.05) is 26.2 Å². The number of nitrogens with zero attached hydrogens (tertiary/aromatic N) is 2. The second-order valence-corrected chi connectivity index (χ2v) is 9.73. The molecule has 4 aliphatic rings. The van der Waals surface area contributed by atoms with Crippen LogP contribution in [-0.4, -0.2) is 60.0 Å². The third-order valence-electron chi connectivity index (χ3n) is 7.33. The van der Waals surface area contributed by atoms with Crippen LogP contribution in [0.5, 0.6) is 0 Å². The molecule has 34 heavy (non-hydrogen) atoms. The summed E-state index contributed by atoms with van der Waals surface area (Å²) in [6.07, 6.45) is 8.22. The number of halogens is 2. The van der Waals surface area contributed by atoms with Crippen molar-refractivity contribution in [3.05, 3.63) is 71.6 Å². The fraction of sp³-hybridized carbons (Fsp3) is 0.481. The maximum atomic E-state index is 14.7. The minimum absolute atomic E-state index is 0.0330. The van der Waals surface area contributed by atoms with Crippen LogP contribution in [0, 0.1) is 11.8 Å². The minimum atomic E-state index is -1.33. The van der Waals surface area contributed by atoms with Crippen molar-refractivity contribution in [3.8, 4) is 0 Å². The molecule has 2 unspecified atom stereocenters. The van der Waals surface area contributed by atoms with Crippen LogP contribution in [0.25, 0.3) is 0 Å². The van der Waals surface area contributed by atoms with Crippen LogP contribution in [0.15, 0.2) is 66.0 Å². The number of carbonyl (C=O) groups is 2. The van der Waals surface area contributed by atoms with Gasteiger partial charge in [0.05, 0.1) is 18.6 Å². The van der Waals surface area contributed by atoms with Gasteiger partial charge in [-0.1, -0.05) is 36.4 Å². The first-order chi connectivity index (χ1) is 16.5. The summed E-state index contributed by atoms with van der Waals surface area (Å²) >= 11 is 0. The lowest BCUT2D eigenvalue weighted by molar-refractivity contribution is -0.135. The molecule has 0 radical (unpaired) electrons. The van der Waals surface area contributed by atoms with Crippen LogP contribution < -0.4 is 5.32 Å². The summed E-state index contributed by atoms with van der Waals surface area (Å²) in [6, 6.07) is 8.83. The van der Waals surface area contributed by atoms with E-state index in [1.54, 1.807) is 4.90 Å². The predicted molar refractivity (Wildman–Crippen MR) is 126 cm³/mol. The summed E-state index contributed by atoms with van der Waals surface area (Å²) in [6.45, 7) is 1.95. The molecule has 0 bridgehead atoms. The van der Waals surface area contributed by atoms with Gasteiger partial charge in [-0.3, -0.25) is 14.9 Å². The number of allylic oxidation sites excluding steroid dienone is 4. The number of likely N-dealkylation sites (tertiary alicyclic amines) is 1. The fourth-order valence-electron chi connectivity index (χ4n) is 5.27. The number of alkyl halides is 1. The minimum Gasteiger partial charge on any atom is -0.342 e. The second kappa shape index (κ2) is 9.82. The molecule has 1 aromatic carbocycles. The van der Waals surface area contributed by atoms with E-state index in [0.717, 1.165) is 50.4 Å². The Kier molecular flexibility index (Phi) is 6.63. The third kappa shape index (κ3) is 4.85. The molecule has 5 rings (SSSR count). The monoisotopic (exact) mass is 467 g/mol. The summed E-state index contributed by atoms with van der Waals surface area (Å²) in [5.74, 6) is -1.03. The number of amides is 2. The van der Waals surface area contributed by atoms with Gasteiger partial charge in [-0.15, -0.1) is 0 Å². The Bertz CT molecular complexity index is 1010. The zero-order chi connectivity index (χ0) is 23.7. The Morgan fingerprint density at radius 2 is 1.82 bits per heavy atom. The van der Waals surface area contributed by atoms with Crippen LogP contribution in [-0.2, 0) is 9.59 Å². The average Bonchev–Trinajstić information content (AvgIpc) is 3.34. The normalized spacial score (nSPS) is 27.5. The van der Waals surface area contributed by atoms with E-state index in [-0.39, 0.29) is 36.9 Å². The first-order valence-corrected chi connectivity index (χ1v) is 12.3. The highest BCUT2D eigenvalue weighted by Gasteiger charge is 2.43. The van der Waals surface area contributed by atoms with E-state index in [9.17, 15) is 18.4 Å². The van der Waals surface area contributed by atoms with E-state index in [2.05, 4.69) is 5.32 Å². The topological polar surface area (TPSA) is 52.7 Å². The molecule has 1 saturated carbocycles. The predicted octanol–water partition coefficient (Wildman–Crippen LogP) is 3.86. The highest BCUT2D eigenvalue weighted by atomic mass is 19.1. The molecule has 2 aliphatic carbocycles. The maximum absolute atomic E-state index is 14.7. The largest absolute Gasteiger partial charge is 0.342 e. The molecule has 2 fully saturated rings. The van der Waals surface area contributed by atoms with Gasteiger partial charge < -0.3 is 9.80 Å². The summed E-state index contributed by atoms with van der Waals surface area (Å²) in [4.78, 5) is 30.0. The van der Waals surface area contributed by atoms with E-state index in [4.69, 9.17) is 0 Å². The van der Waals surface area contributed by atoms with Gasteiger partial charge in [0.1, 0.15) is 12.0 Å². The van der Waals surface area contributed by atoms with Crippen molar-refractivity contribution in [2.45, 2.75) is 43.9 Å². The SMILES string of the molecule is O=C(CN[C@H](C(=O)N1CC(C2C=C(F)C=CC2F)=C[C@H]1c1ccccc1)C1CC1)N1CCCC1. The molecule has 5 nitrogen and oxygen atoms in total. The number of hydrogen-bond donors (Lipinski definition) is 1. The number of nitrogens with one attached hydrogen (secondary N) is 1. The van der Waals surface area contributed by atoms with Gasteiger partial charge in [0.25, 0.3) is 0 Å². The van der Waals surface area contributed by atoms with E-state index >= 15 is 0 Å². The lowest BCUT2D eigenvalue weighted by Gasteiger charge is -2.31. The maximum Gasteiger partial charge on any atom is 0.241 e. The molecule has 1 N–H and O–H groups in total. The first kappa shape index (κ1) is 23.0. The molecule has 1 saturated heterocycles. The Morgan fingerprint density at radius 1 is 1.09 bits per heavy atom. The van der Waals surface area contributed by atoms with Crippen LogP contribution in [0.3, 0.4) is 0 Å². The quantitative estimate of drug-likeness (QED) is 0.620. The van der Waals surface area contributed by atoms with Crippen molar-refractivity contribution < 1.29 is 18.4 Å². The summed E-state index contributed by atoms with van der Waals surface area (Å²) in [7, 11) is 0. The van der Waals surface area contributed by atoms with Crippen molar-refractivity contribution in [1.82, 2.24) is 15.1 Å². The number of hydrogen-bond acceptors (Lipinski definition) is 3. The molecule has 2 amide bonds. The Labute approximate surface area is 199 Å². The number of rotatable bonds is 7. The second-order valence-electron chi connectivity index (χ2n) is 9.73. The van der Waals surface area contributed by atoms with Gasteiger partial charge in [-0.05, 0) is 61.0 Å². The molecule has 180 valence electrons. The Hall–Kier alpha value is -2.80.